The normalized spacial score (nSPS) is 12.8. The van der Waals surface area contributed by atoms with Gasteiger partial charge in [0.25, 0.3) is 0 Å². The Bertz CT molecular complexity index is 477. The molecule has 1 aromatic heterocycles. The molecule has 1 rings (SSSR count). The molecule has 0 bridgehead atoms. The molecule has 0 spiro atoms. The van der Waals surface area contributed by atoms with Gasteiger partial charge in [-0.3, -0.25) is 4.79 Å². The van der Waals surface area contributed by atoms with Crippen LogP contribution in [-0.4, -0.2) is 25.4 Å². The zero-order chi connectivity index (χ0) is 11.9. The van der Waals surface area contributed by atoms with Crippen LogP contribution < -0.4 is 0 Å². The minimum atomic E-state index is -3.27. The molecule has 1 aromatic rings. The highest BCUT2D eigenvalue weighted by Gasteiger charge is 2.24. The molecule has 0 atom stereocenters. The van der Waals surface area contributed by atoms with Crippen molar-refractivity contribution in [2.75, 3.05) is 6.26 Å². The molecule has 0 saturated carbocycles. The average Bonchev–Trinajstić information content (AvgIpc) is 2.47. The number of carbonyl (C=O) groups is 1. The summed E-state index contributed by atoms with van der Waals surface area (Å²) in [5, 5.41) is 0.0788. The molecule has 0 saturated heterocycles. The largest absolute Gasteiger partial charge is 0.343 e. The smallest absolute Gasteiger partial charge is 0.190 e. The summed E-state index contributed by atoms with van der Waals surface area (Å²) in [4.78, 5) is 14.4. The van der Waals surface area contributed by atoms with Crippen molar-refractivity contribution >= 4 is 15.6 Å². The molecule has 15 heavy (non-hydrogen) atoms. The Balaban J connectivity index is 3.12. The number of Topliss-reactive ketones (excluding diaryl/α,β-unsaturated/α-hetero) is 1. The summed E-state index contributed by atoms with van der Waals surface area (Å²) in [5.41, 5.74) is -0.178. The second-order valence-corrected chi connectivity index (χ2v) is 6.57. The van der Waals surface area contributed by atoms with Gasteiger partial charge in [0.05, 0.1) is 5.69 Å². The van der Waals surface area contributed by atoms with Crippen molar-refractivity contribution in [2.45, 2.75) is 25.8 Å². The highest BCUT2D eigenvalue weighted by Crippen LogP contribution is 2.21. The van der Waals surface area contributed by atoms with E-state index < -0.39 is 15.3 Å². The Morgan fingerprint density at radius 3 is 2.13 bits per heavy atom. The van der Waals surface area contributed by atoms with E-state index in [0.717, 1.165) is 6.26 Å². The molecule has 1 heterocycles. The van der Waals surface area contributed by atoms with Crippen LogP contribution in [0.4, 0.5) is 0 Å². The predicted molar refractivity (Wildman–Crippen MR) is 57.7 cm³/mol. The van der Waals surface area contributed by atoms with Crippen molar-refractivity contribution in [2.24, 2.45) is 5.41 Å². The van der Waals surface area contributed by atoms with Gasteiger partial charge in [-0.2, -0.15) is 0 Å². The summed E-state index contributed by atoms with van der Waals surface area (Å²) in [6.07, 6.45) is 1.10. The van der Waals surface area contributed by atoms with Gasteiger partial charge in [-0.1, -0.05) is 20.8 Å². The maximum atomic E-state index is 11.8. The Morgan fingerprint density at radius 2 is 1.80 bits per heavy atom. The highest BCUT2D eigenvalue weighted by molar-refractivity contribution is 7.90. The van der Waals surface area contributed by atoms with E-state index in [1.807, 2.05) is 0 Å². The summed E-state index contributed by atoms with van der Waals surface area (Å²) >= 11 is 0. The molecule has 0 aromatic carbocycles. The lowest BCUT2D eigenvalue weighted by atomic mass is 9.89. The van der Waals surface area contributed by atoms with E-state index in [1.165, 1.54) is 12.1 Å². The summed E-state index contributed by atoms with van der Waals surface area (Å²) in [5.74, 6) is -0.0996. The SMILES string of the molecule is CC(C)(C)C(=O)c1ccc(S(C)(=O)=O)[nH]1. The number of nitrogens with one attached hydrogen (secondary N) is 1. The van der Waals surface area contributed by atoms with Crippen molar-refractivity contribution in [3.63, 3.8) is 0 Å². The standard InChI is InChI=1S/C10H15NO3S/c1-10(2,3)9(12)7-5-6-8(11-7)15(4,13)14/h5-6,11H,1-4H3. The van der Waals surface area contributed by atoms with E-state index in [-0.39, 0.29) is 10.8 Å². The maximum absolute atomic E-state index is 11.8. The Morgan fingerprint density at radius 1 is 1.27 bits per heavy atom. The minimum Gasteiger partial charge on any atom is -0.343 e. The van der Waals surface area contributed by atoms with Crippen molar-refractivity contribution in [1.29, 1.82) is 0 Å². The third-order valence-electron chi connectivity index (χ3n) is 1.98. The second-order valence-electron chi connectivity index (χ2n) is 4.59. The van der Waals surface area contributed by atoms with E-state index in [0.29, 0.717) is 5.69 Å². The number of carbonyl (C=O) groups excluding carboxylic acids is 1. The fourth-order valence-corrected chi connectivity index (χ4v) is 1.74. The predicted octanol–water partition coefficient (Wildman–Crippen LogP) is 1.65. The molecule has 0 aliphatic carbocycles. The minimum absolute atomic E-state index is 0.0788. The Hall–Kier alpha value is -1.10. The zero-order valence-corrected chi connectivity index (χ0v) is 10.1. The van der Waals surface area contributed by atoms with Gasteiger partial charge in [0, 0.05) is 11.7 Å². The summed E-state index contributed by atoms with van der Waals surface area (Å²) < 4.78 is 22.4. The number of sulfone groups is 1. The Labute approximate surface area is 89.6 Å². The number of rotatable bonds is 2. The molecular weight excluding hydrogens is 214 g/mol. The fourth-order valence-electron chi connectivity index (χ4n) is 1.13. The van der Waals surface area contributed by atoms with E-state index in [2.05, 4.69) is 4.98 Å². The van der Waals surface area contributed by atoms with Gasteiger partial charge < -0.3 is 4.98 Å². The Kier molecular flexibility index (Phi) is 2.78. The van der Waals surface area contributed by atoms with Crippen LogP contribution in [0.2, 0.25) is 0 Å². The van der Waals surface area contributed by atoms with Crippen molar-refractivity contribution < 1.29 is 13.2 Å². The topological polar surface area (TPSA) is 67.0 Å². The number of hydrogen-bond donors (Lipinski definition) is 1. The first-order valence-electron chi connectivity index (χ1n) is 4.56. The van der Waals surface area contributed by atoms with Crippen LogP contribution in [0.3, 0.4) is 0 Å². The number of aromatic amines is 1. The number of aromatic nitrogens is 1. The van der Waals surface area contributed by atoms with E-state index in [9.17, 15) is 13.2 Å². The molecular formula is C10H15NO3S. The average molecular weight is 229 g/mol. The van der Waals surface area contributed by atoms with Crippen LogP contribution in [0.1, 0.15) is 31.3 Å². The molecule has 84 valence electrons. The maximum Gasteiger partial charge on any atom is 0.190 e. The van der Waals surface area contributed by atoms with Gasteiger partial charge in [0.1, 0.15) is 5.03 Å². The van der Waals surface area contributed by atoms with Gasteiger partial charge >= 0.3 is 0 Å². The molecule has 0 radical (unpaired) electrons. The molecule has 4 nitrogen and oxygen atoms in total. The van der Waals surface area contributed by atoms with Crippen molar-refractivity contribution in [3.05, 3.63) is 17.8 Å². The lowest BCUT2D eigenvalue weighted by molar-refractivity contribution is 0.0853. The molecule has 0 amide bonds. The first-order chi connectivity index (χ1) is 6.62. The molecule has 0 unspecified atom stereocenters. The summed E-state index contributed by atoms with van der Waals surface area (Å²) in [6.45, 7) is 5.36. The van der Waals surface area contributed by atoms with Crippen LogP contribution in [0.25, 0.3) is 0 Å². The van der Waals surface area contributed by atoms with Gasteiger partial charge in [-0.25, -0.2) is 8.42 Å². The van der Waals surface area contributed by atoms with Crippen LogP contribution >= 0.6 is 0 Å². The van der Waals surface area contributed by atoms with E-state index in [4.69, 9.17) is 0 Å². The lowest BCUT2D eigenvalue weighted by Crippen LogP contribution is -2.20. The van der Waals surface area contributed by atoms with Crippen LogP contribution in [-0.2, 0) is 9.84 Å². The van der Waals surface area contributed by atoms with Gasteiger partial charge in [0.15, 0.2) is 15.6 Å². The summed E-state index contributed by atoms with van der Waals surface area (Å²) in [7, 11) is -3.27. The molecule has 0 fully saturated rings. The monoisotopic (exact) mass is 229 g/mol. The third-order valence-corrected chi connectivity index (χ3v) is 3.02. The lowest BCUT2D eigenvalue weighted by Gasteiger charge is -2.14. The van der Waals surface area contributed by atoms with Crippen LogP contribution in [0, 0.1) is 5.41 Å². The first-order valence-corrected chi connectivity index (χ1v) is 6.45. The van der Waals surface area contributed by atoms with Crippen molar-refractivity contribution in [1.82, 2.24) is 4.98 Å². The second kappa shape index (κ2) is 3.48. The molecule has 5 heteroatoms. The summed E-state index contributed by atoms with van der Waals surface area (Å²) in [6, 6.07) is 2.91. The number of ketones is 1. The van der Waals surface area contributed by atoms with E-state index in [1.54, 1.807) is 20.8 Å². The van der Waals surface area contributed by atoms with Crippen molar-refractivity contribution in [3.8, 4) is 0 Å². The van der Waals surface area contributed by atoms with Gasteiger partial charge in [-0.05, 0) is 12.1 Å². The zero-order valence-electron chi connectivity index (χ0n) is 9.29. The molecule has 0 aliphatic rings. The van der Waals surface area contributed by atoms with Crippen LogP contribution in [0.5, 0.6) is 0 Å². The number of hydrogen-bond acceptors (Lipinski definition) is 3. The highest BCUT2D eigenvalue weighted by atomic mass is 32.2. The third kappa shape index (κ3) is 2.68. The van der Waals surface area contributed by atoms with Gasteiger partial charge in [-0.15, -0.1) is 0 Å². The molecule has 0 aliphatic heterocycles. The van der Waals surface area contributed by atoms with Crippen LogP contribution in [0.15, 0.2) is 17.2 Å². The number of H-pyrrole nitrogens is 1. The molecule has 1 N–H and O–H groups in total. The quantitative estimate of drug-likeness (QED) is 0.784. The first kappa shape index (κ1) is 12.0. The van der Waals surface area contributed by atoms with E-state index >= 15 is 0 Å². The fraction of sp³-hybridized carbons (Fsp3) is 0.500. The van der Waals surface area contributed by atoms with Gasteiger partial charge in [0.2, 0.25) is 0 Å².